The van der Waals surface area contributed by atoms with E-state index in [0.717, 1.165) is 10.5 Å². The van der Waals surface area contributed by atoms with Gasteiger partial charge in [-0.2, -0.15) is 0 Å². The second-order valence-electron chi connectivity index (χ2n) is 9.45. The van der Waals surface area contributed by atoms with E-state index in [1.165, 1.54) is 37.5 Å². The van der Waals surface area contributed by atoms with E-state index in [4.69, 9.17) is 25.8 Å². The first-order valence-corrected chi connectivity index (χ1v) is 13.5. The number of anilines is 1. The average molecular weight is 614 g/mol. The van der Waals surface area contributed by atoms with E-state index in [1.54, 1.807) is 48.5 Å². The molecule has 0 atom stereocenters. The van der Waals surface area contributed by atoms with E-state index in [-0.39, 0.29) is 35.9 Å². The summed E-state index contributed by atoms with van der Waals surface area (Å²) in [6.45, 7) is 0.178. The summed E-state index contributed by atoms with van der Waals surface area (Å²) in [7, 11) is 1.46. The molecule has 0 spiro atoms. The number of ether oxygens (including phenoxy) is 3. The number of non-ortho nitro benzene ring substituents is 1. The summed E-state index contributed by atoms with van der Waals surface area (Å²) in [6.07, 6.45) is 1.31. The lowest BCUT2D eigenvalue weighted by Gasteiger charge is -2.26. The van der Waals surface area contributed by atoms with Gasteiger partial charge in [0.2, 0.25) is 0 Å². The van der Waals surface area contributed by atoms with Crippen LogP contribution in [0.4, 0.5) is 16.2 Å². The number of hydrogen-bond donors (Lipinski definition) is 1. The Morgan fingerprint density at radius 2 is 1.64 bits per heavy atom. The first-order chi connectivity index (χ1) is 21.2. The predicted molar refractivity (Wildman–Crippen MR) is 162 cm³/mol. The summed E-state index contributed by atoms with van der Waals surface area (Å²) in [5, 5.41) is 13.9. The van der Waals surface area contributed by atoms with Gasteiger partial charge >= 0.3 is 6.03 Å². The largest absolute Gasteiger partial charge is 0.497 e. The highest BCUT2D eigenvalue weighted by Gasteiger charge is 2.37. The first kappa shape index (κ1) is 29.8. The third-order valence-electron chi connectivity index (χ3n) is 6.59. The van der Waals surface area contributed by atoms with Crippen molar-refractivity contribution in [3.8, 4) is 17.2 Å². The van der Waals surface area contributed by atoms with Crippen LogP contribution in [0.3, 0.4) is 0 Å². The fourth-order valence-electron chi connectivity index (χ4n) is 4.32. The number of benzene rings is 4. The Morgan fingerprint density at radius 3 is 2.36 bits per heavy atom. The lowest BCUT2D eigenvalue weighted by Crippen LogP contribution is -2.54. The third-order valence-corrected chi connectivity index (χ3v) is 6.95. The fourth-order valence-corrected chi connectivity index (χ4v) is 4.51. The number of carbonyl (C=O) groups excluding carboxylic acids is 3. The van der Waals surface area contributed by atoms with Crippen LogP contribution in [0.5, 0.6) is 17.2 Å². The monoisotopic (exact) mass is 613 g/mol. The number of hydrogen-bond acceptors (Lipinski definition) is 8. The Bertz CT molecular complexity index is 1790. The molecule has 4 amide bonds. The van der Waals surface area contributed by atoms with Gasteiger partial charge in [-0.05, 0) is 54.1 Å². The molecule has 0 unspecified atom stereocenters. The maximum atomic E-state index is 13.5. The van der Waals surface area contributed by atoms with Gasteiger partial charge in [0.25, 0.3) is 17.5 Å². The molecule has 1 N–H and O–H groups in total. The molecule has 1 aliphatic rings. The van der Waals surface area contributed by atoms with Crippen LogP contribution in [0.25, 0.3) is 6.08 Å². The van der Waals surface area contributed by atoms with Gasteiger partial charge in [-0.15, -0.1) is 0 Å². The predicted octanol–water partition coefficient (Wildman–Crippen LogP) is 6.08. The van der Waals surface area contributed by atoms with Crippen LogP contribution in [-0.4, -0.2) is 29.9 Å². The fraction of sp³-hybridized carbons (Fsp3) is 0.0938. The van der Waals surface area contributed by atoms with Gasteiger partial charge in [0, 0.05) is 34.3 Å². The molecule has 0 radical (unpaired) electrons. The van der Waals surface area contributed by atoms with Crippen molar-refractivity contribution in [2.24, 2.45) is 0 Å². The minimum Gasteiger partial charge on any atom is -0.497 e. The molecule has 222 valence electrons. The average Bonchev–Trinajstić information content (AvgIpc) is 3.02. The molecule has 11 nitrogen and oxygen atoms in total. The van der Waals surface area contributed by atoms with E-state index >= 15 is 0 Å². The molecule has 5 rings (SSSR count). The van der Waals surface area contributed by atoms with Crippen molar-refractivity contribution in [2.45, 2.75) is 13.2 Å². The van der Waals surface area contributed by atoms with Crippen molar-refractivity contribution < 1.29 is 33.5 Å². The van der Waals surface area contributed by atoms with Gasteiger partial charge in [-0.25, -0.2) is 9.69 Å². The van der Waals surface area contributed by atoms with E-state index < -0.39 is 22.8 Å². The Morgan fingerprint density at radius 1 is 0.886 bits per heavy atom. The van der Waals surface area contributed by atoms with Crippen LogP contribution < -0.4 is 24.4 Å². The molecule has 12 heteroatoms. The van der Waals surface area contributed by atoms with Gasteiger partial charge < -0.3 is 14.2 Å². The van der Waals surface area contributed by atoms with E-state index in [2.05, 4.69) is 5.32 Å². The standard InChI is InChI=1S/C32H24ClN3O8/c1-42-26-12-9-21(29(17-26)44-18-20-5-4-7-24(15-20)36(40)41)16-27-30(37)34-32(39)35(31(27)38)23-10-13-25(14-11-23)43-19-22-6-2-3-8-28(22)33/h2-17H,18-19H2,1H3,(H,34,37,39)/b27-16+. The topological polar surface area (TPSA) is 137 Å². The number of carbonyl (C=O) groups is 3. The Labute approximate surface area is 256 Å². The van der Waals surface area contributed by atoms with Crippen LogP contribution >= 0.6 is 11.6 Å². The first-order valence-electron chi connectivity index (χ1n) is 13.2. The minimum atomic E-state index is -0.904. The molecule has 1 fully saturated rings. The zero-order valence-electron chi connectivity index (χ0n) is 23.2. The third kappa shape index (κ3) is 6.69. The highest BCUT2D eigenvalue weighted by Crippen LogP contribution is 2.30. The number of imide groups is 2. The number of nitro groups is 1. The summed E-state index contributed by atoms with van der Waals surface area (Å²) in [6, 6.07) is 23.3. The summed E-state index contributed by atoms with van der Waals surface area (Å²) in [5.74, 6) is -0.559. The second kappa shape index (κ2) is 13.1. The van der Waals surface area contributed by atoms with Gasteiger partial charge in [0.15, 0.2) is 0 Å². The number of methoxy groups -OCH3 is 1. The van der Waals surface area contributed by atoms with Crippen molar-refractivity contribution in [1.82, 2.24) is 5.32 Å². The summed E-state index contributed by atoms with van der Waals surface area (Å²) < 4.78 is 17.0. The molecule has 1 heterocycles. The number of halogens is 1. The maximum Gasteiger partial charge on any atom is 0.335 e. The molecular formula is C32H24ClN3O8. The SMILES string of the molecule is COc1ccc(/C=C2\C(=O)NC(=O)N(c3ccc(OCc4ccccc4Cl)cc3)C2=O)c(OCc2cccc([N+](=O)[O-])c2)c1. The van der Waals surface area contributed by atoms with Gasteiger partial charge in [-0.3, -0.25) is 25.0 Å². The van der Waals surface area contributed by atoms with Crippen molar-refractivity contribution in [3.63, 3.8) is 0 Å². The molecule has 1 saturated heterocycles. The molecule has 0 aromatic heterocycles. The number of nitrogens with one attached hydrogen (secondary N) is 1. The van der Waals surface area contributed by atoms with Crippen molar-refractivity contribution >= 4 is 46.9 Å². The number of rotatable bonds is 10. The smallest absolute Gasteiger partial charge is 0.335 e. The van der Waals surface area contributed by atoms with Crippen molar-refractivity contribution in [1.29, 1.82) is 0 Å². The van der Waals surface area contributed by atoms with Gasteiger partial charge in [0.05, 0.1) is 17.7 Å². The molecule has 0 aliphatic carbocycles. The molecular weight excluding hydrogens is 590 g/mol. The maximum absolute atomic E-state index is 13.5. The summed E-state index contributed by atoms with van der Waals surface area (Å²) >= 11 is 6.18. The molecule has 0 saturated carbocycles. The Kier molecular flexibility index (Phi) is 8.87. The second-order valence-corrected chi connectivity index (χ2v) is 9.86. The zero-order valence-corrected chi connectivity index (χ0v) is 23.9. The van der Waals surface area contributed by atoms with Crippen LogP contribution in [0.1, 0.15) is 16.7 Å². The van der Waals surface area contributed by atoms with E-state index in [0.29, 0.717) is 27.6 Å². The Balaban J connectivity index is 1.37. The van der Waals surface area contributed by atoms with Crippen molar-refractivity contribution in [2.75, 3.05) is 12.0 Å². The normalized spacial score (nSPS) is 13.9. The number of barbiturate groups is 1. The number of amides is 4. The Hall–Kier alpha value is -5.68. The lowest BCUT2D eigenvalue weighted by molar-refractivity contribution is -0.384. The number of nitro benzene ring substituents is 1. The quantitative estimate of drug-likeness (QED) is 0.0983. The number of urea groups is 1. The van der Waals surface area contributed by atoms with Gasteiger partial charge in [0.1, 0.15) is 36.0 Å². The molecule has 4 aromatic carbocycles. The summed E-state index contributed by atoms with van der Waals surface area (Å²) in [4.78, 5) is 50.5. The molecule has 1 aliphatic heterocycles. The van der Waals surface area contributed by atoms with Crippen LogP contribution in [0, 0.1) is 10.1 Å². The van der Waals surface area contributed by atoms with Crippen molar-refractivity contribution in [3.05, 3.63) is 128 Å². The van der Waals surface area contributed by atoms with Crippen LogP contribution in [-0.2, 0) is 22.8 Å². The molecule has 4 aromatic rings. The van der Waals surface area contributed by atoms with Gasteiger partial charge in [-0.1, -0.05) is 41.9 Å². The highest BCUT2D eigenvalue weighted by molar-refractivity contribution is 6.39. The van der Waals surface area contributed by atoms with E-state index in [9.17, 15) is 24.5 Å². The zero-order chi connectivity index (χ0) is 31.2. The molecule has 0 bridgehead atoms. The lowest BCUT2D eigenvalue weighted by atomic mass is 10.1. The highest BCUT2D eigenvalue weighted by atomic mass is 35.5. The molecule has 44 heavy (non-hydrogen) atoms. The number of nitrogens with zero attached hydrogens (tertiary/aromatic N) is 2. The van der Waals surface area contributed by atoms with Crippen LogP contribution in [0.2, 0.25) is 5.02 Å². The van der Waals surface area contributed by atoms with E-state index in [1.807, 2.05) is 18.2 Å². The minimum absolute atomic E-state index is 0.0410. The van der Waals surface area contributed by atoms with Crippen LogP contribution in [0.15, 0.2) is 96.6 Å². The summed E-state index contributed by atoms with van der Waals surface area (Å²) in [5.41, 5.74) is 1.48.